The summed E-state index contributed by atoms with van der Waals surface area (Å²) in [7, 11) is 0. The molecule has 2 atom stereocenters. The van der Waals surface area contributed by atoms with Gasteiger partial charge in [0.2, 0.25) is 5.79 Å². The number of nitriles is 1. The first-order chi connectivity index (χ1) is 8.64. The number of nitrogens with zero attached hydrogens (tertiary/aromatic N) is 1. The first kappa shape index (κ1) is 12.3. The molecule has 0 fully saturated rings. The van der Waals surface area contributed by atoms with Gasteiger partial charge in [0.1, 0.15) is 11.6 Å². The lowest BCUT2D eigenvalue weighted by atomic mass is 9.91. The first-order valence-corrected chi connectivity index (χ1v) is 5.54. The predicted molar refractivity (Wildman–Crippen MR) is 64.0 cm³/mol. The van der Waals surface area contributed by atoms with Crippen LogP contribution in [-0.4, -0.2) is 10.9 Å². The molecule has 0 saturated heterocycles. The predicted octanol–water partition coefficient (Wildman–Crippen LogP) is 2.55. The van der Waals surface area contributed by atoms with E-state index in [0.29, 0.717) is 5.75 Å². The van der Waals surface area contributed by atoms with Crippen molar-refractivity contribution in [1.82, 2.24) is 0 Å². The third-order valence-electron chi connectivity index (χ3n) is 2.73. The topological polar surface area (TPSA) is 53.2 Å². The normalized spacial score (nSPS) is 25.7. The number of hydrogen-bond acceptors (Lipinski definition) is 3. The van der Waals surface area contributed by atoms with Crippen molar-refractivity contribution in [3.05, 3.63) is 54.4 Å². The van der Waals surface area contributed by atoms with E-state index in [2.05, 4.69) is 0 Å². The summed E-state index contributed by atoms with van der Waals surface area (Å²) in [5.74, 6) is -2.04. The van der Waals surface area contributed by atoms with Crippen LogP contribution in [0.3, 0.4) is 0 Å². The zero-order chi connectivity index (χ0) is 13.0. The van der Waals surface area contributed by atoms with Gasteiger partial charge < -0.3 is 9.84 Å². The van der Waals surface area contributed by atoms with E-state index in [-0.39, 0.29) is 12.2 Å². The lowest BCUT2D eigenvalue weighted by Gasteiger charge is -2.32. The van der Waals surface area contributed by atoms with E-state index in [1.54, 1.807) is 18.2 Å². The molecular weight excluding hydrogens is 233 g/mol. The monoisotopic (exact) mass is 245 g/mol. The van der Waals surface area contributed by atoms with Crippen molar-refractivity contribution >= 4 is 0 Å². The highest BCUT2D eigenvalue weighted by Gasteiger charge is 2.36. The second kappa shape index (κ2) is 5.03. The van der Waals surface area contributed by atoms with Crippen LogP contribution in [-0.2, 0) is 0 Å². The van der Waals surface area contributed by atoms with Gasteiger partial charge in [-0.15, -0.1) is 0 Å². The number of ether oxygens (including phenoxy) is 1. The van der Waals surface area contributed by atoms with Crippen LogP contribution in [0.15, 0.2) is 48.6 Å². The van der Waals surface area contributed by atoms with Crippen molar-refractivity contribution in [2.45, 2.75) is 12.2 Å². The summed E-state index contributed by atoms with van der Waals surface area (Å²) in [6, 6.07) is 7.37. The second-order valence-electron chi connectivity index (χ2n) is 4.02. The molecular formula is C14H12FNO2. The molecule has 0 aromatic heterocycles. The Morgan fingerprint density at radius 2 is 2.06 bits per heavy atom. The van der Waals surface area contributed by atoms with E-state index in [1.165, 1.54) is 30.3 Å². The molecule has 0 aliphatic heterocycles. The SMILES string of the molecule is N#CCC1C=CC=CC1(O)Oc1ccc(F)cc1. The Morgan fingerprint density at radius 3 is 2.72 bits per heavy atom. The van der Waals surface area contributed by atoms with Crippen LogP contribution in [0.5, 0.6) is 5.75 Å². The molecule has 1 aliphatic carbocycles. The van der Waals surface area contributed by atoms with Crippen molar-refractivity contribution in [3.63, 3.8) is 0 Å². The van der Waals surface area contributed by atoms with E-state index in [4.69, 9.17) is 10.00 Å². The molecule has 0 heterocycles. The minimum absolute atomic E-state index is 0.137. The Morgan fingerprint density at radius 1 is 1.33 bits per heavy atom. The summed E-state index contributed by atoms with van der Waals surface area (Å²) in [5.41, 5.74) is 0. The molecule has 3 nitrogen and oxygen atoms in total. The Bertz CT molecular complexity index is 516. The van der Waals surface area contributed by atoms with Gasteiger partial charge in [-0.3, -0.25) is 0 Å². The molecule has 4 heteroatoms. The largest absolute Gasteiger partial charge is 0.458 e. The Kier molecular flexibility index (Phi) is 3.45. The van der Waals surface area contributed by atoms with Crippen LogP contribution in [0.4, 0.5) is 4.39 Å². The van der Waals surface area contributed by atoms with E-state index in [0.717, 1.165) is 0 Å². The molecule has 2 rings (SSSR count). The molecule has 92 valence electrons. The molecule has 0 bridgehead atoms. The fourth-order valence-corrected chi connectivity index (χ4v) is 1.77. The van der Waals surface area contributed by atoms with Crippen molar-refractivity contribution < 1.29 is 14.2 Å². The number of rotatable bonds is 3. The van der Waals surface area contributed by atoms with Crippen LogP contribution in [0.2, 0.25) is 0 Å². The van der Waals surface area contributed by atoms with Gasteiger partial charge in [-0.1, -0.05) is 18.2 Å². The molecule has 0 amide bonds. The smallest absolute Gasteiger partial charge is 0.235 e. The highest BCUT2D eigenvalue weighted by Crippen LogP contribution is 2.30. The summed E-state index contributed by atoms with van der Waals surface area (Å²) < 4.78 is 18.2. The third-order valence-corrected chi connectivity index (χ3v) is 2.73. The average molecular weight is 245 g/mol. The number of benzene rings is 1. The lowest BCUT2D eigenvalue weighted by molar-refractivity contribution is -0.124. The Hall–Kier alpha value is -2.12. The molecule has 1 aliphatic rings. The van der Waals surface area contributed by atoms with Gasteiger partial charge in [-0.05, 0) is 30.3 Å². The van der Waals surface area contributed by atoms with Crippen molar-refractivity contribution in [3.8, 4) is 11.8 Å². The molecule has 0 spiro atoms. The maximum atomic E-state index is 12.8. The summed E-state index contributed by atoms with van der Waals surface area (Å²) in [5, 5.41) is 19.1. The van der Waals surface area contributed by atoms with Crippen LogP contribution in [0.25, 0.3) is 0 Å². The van der Waals surface area contributed by atoms with Crippen LogP contribution < -0.4 is 4.74 Å². The molecule has 0 radical (unpaired) electrons. The Balaban J connectivity index is 2.19. The molecule has 0 saturated carbocycles. The van der Waals surface area contributed by atoms with E-state index >= 15 is 0 Å². The van der Waals surface area contributed by atoms with Gasteiger partial charge in [0.05, 0.1) is 12.0 Å². The van der Waals surface area contributed by atoms with Gasteiger partial charge in [-0.25, -0.2) is 4.39 Å². The fourth-order valence-electron chi connectivity index (χ4n) is 1.77. The number of halogens is 1. The van der Waals surface area contributed by atoms with Crippen molar-refractivity contribution in [2.75, 3.05) is 0 Å². The number of aliphatic hydroxyl groups is 1. The maximum Gasteiger partial charge on any atom is 0.235 e. The van der Waals surface area contributed by atoms with Crippen LogP contribution in [0.1, 0.15) is 6.42 Å². The Labute approximate surface area is 104 Å². The van der Waals surface area contributed by atoms with Gasteiger partial charge in [0, 0.05) is 6.42 Å². The van der Waals surface area contributed by atoms with Gasteiger partial charge >= 0.3 is 0 Å². The number of hydrogen-bond donors (Lipinski definition) is 1. The van der Waals surface area contributed by atoms with Gasteiger partial charge in [0.25, 0.3) is 0 Å². The second-order valence-corrected chi connectivity index (χ2v) is 4.02. The van der Waals surface area contributed by atoms with Gasteiger partial charge in [0.15, 0.2) is 0 Å². The summed E-state index contributed by atoms with van der Waals surface area (Å²) in [4.78, 5) is 0. The van der Waals surface area contributed by atoms with E-state index in [1.807, 2.05) is 6.07 Å². The average Bonchev–Trinajstić information content (AvgIpc) is 2.36. The number of allylic oxidation sites excluding steroid dienone is 2. The third kappa shape index (κ3) is 2.58. The van der Waals surface area contributed by atoms with Crippen molar-refractivity contribution in [1.29, 1.82) is 5.26 Å². The standard InChI is InChI=1S/C14H12FNO2/c15-12-4-6-13(7-5-12)18-14(17)9-2-1-3-11(14)8-10-16/h1-7,9,11,17H,8H2. The fraction of sp³-hybridized carbons (Fsp3) is 0.214. The van der Waals surface area contributed by atoms with Crippen molar-refractivity contribution in [2.24, 2.45) is 5.92 Å². The van der Waals surface area contributed by atoms with E-state index < -0.39 is 11.7 Å². The zero-order valence-electron chi connectivity index (χ0n) is 9.58. The van der Waals surface area contributed by atoms with Gasteiger partial charge in [-0.2, -0.15) is 5.26 Å². The van der Waals surface area contributed by atoms with Crippen LogP contribution >= 0.6 is 0 Å². The highest BCUT2D eigenvalue weighted by atomic mass is 19.1. The summed E-state index contributed by atoms with van der Waals surface area (Å²) in [6.07, 6.45) is 6.74. The quantitative estimate of drug-likeness (QED) is 0.832. The van der Waals surface area contributed by atoms with Crippen LogP contribution in [0, 0.1) is 23.1 Å². The summed E-state index contributed by atoms with van der Waals surface area (Å²) >= 11 is 0. The molecule has 18 heavy (non-hydrogen) atoms. The highest BCUT2D eigenvalue weighted by molar-refractivity contribution is 5.27. The molecule has 1 N–H and O–H groups in total. The zero-order valence-corrected chi connectivity index (χ0v) is 9.58. The molecule has 2 unspecified atom stereocenters. The molecule has 1 aromatic rings. The van der Waals surface area contributed by atoms with E-state index in [9.17, 15) is 9.50 Å². The lowest BCUT2D eigenvalue weighted by Crippen LogP contribution is -2.42. The molecule has 1 aromatic carbocycles. The minimum Gasteiger partial charge on any atom is -0.458 e. The summed E-state index contributed by atoms with van der Waals surface area (Å²) in [6.45, 7) is 0. The maximum absolute atomic E-state index is 12.8. The minimum atomic E-state index is -1.57. The first-order valence-electron chi connectivity index (χ1n) is 5.54.